The molecule has 3 rings (SSSR count). The number of thiophene rings is 1. The van der Waals surface area contributed by atoms with E-state index in [1.165, 1.54) is 17.0 Å². The molecule has 112 valence electrons. The molecule has 1 aromatic carbocycles. The molecule has 1 heterocycles. The molecule has 1 aliphatic rings. The summed E-state index contributed by atoms with van der Waals surface area (Å²) >= 11 is 1.67. The normalized spacial score (nSPS) is 20.1. The van der Waals surface area contributed by atoms with Crippen molar-refractivity contribution in [2.45, 2.75) is 37.4 Å². The number of benzene rings is 1. The van der Waals surface area contributed by atoms with Crippen LogP contribution in [0.15, 0.2) is 35.7 Å². The van der Waals surface area contributed by atoms with Crippen LogP contribution in [0, 0.1) is 0 Å². The van der Waals surface area contributed by atoms with Crippen molar-refractivity contribution < 1.29 is 13.2 Å². The van der Waals surface area contributed by atoms with Crippen LogP contribution in [0.1, 0.15) is 46.4 Å². The Balaban J connectivity index is 2.00. The maximum absolute atomic E-state index is 13.2. The second-order valence-corrected chi connectivity index (χ2v) is 6.41. The van der Waals surface area contributed by atoms with Crippen LogP contribution < -0.4 is 5.73 Å². The fraction of sp³-hybridized carbons (Fsp3) is 0.375. The summed E-state index contributed by atoms with van der Waals surface area (Å²) in [6.45, 7) is 0. The van der Waals surface area contributed by atoms with Gasteiger partial charge >= 0.3 is 6.18 Å². The number of aryl methyl sites for hydroxylation is 1. The summed E-state index contributed by atoms with van der Waals surface area (Å²) in [6, 6.07) is 7.06. The lowest BCUT2D eigenvalue weighted by atomic mass is 9.79. The van der Waals surface area contributed by atoms with Crippen LogP contribution in [-0.2, 0) is 12.6 Å². The van der Waals surface area contributed by atoms with Crippen molar-refractivity contribution in [2.75, 3.05) is 0 Å². The predicted molar refractivity (Wildman–Crippen MR) is 78.4 cm³/mol. The van der Waals surface area contributed by atoms with Gasteiger partial charge in [-0.2, -0.15) is 13.2 Å². The molecule has 0 aliphatic heterocycles. The summed E-state index contributed by atoms with van der Waals surface area (Å²) < 4.78 is 39.5. The Labute approximate surface area is 125 Å². The Morgan fingerprint density at radius 1 is 1.19 bits per heavy atom. The van der Waals surface area contributed by atoms with Crippen LogP contribution >= 0.6 is 11.3 Å². The molecular weight excluding hydrogens is 295 g/mol. The molecule has 0 fully saturated rings. The van der Waals surface area contributed by atoms with E-state index < -0.39 is 17.8 Å². The molecule has 2 N–H and O–H groups in total. The smallest absolute Gasteiger partial charge is 0.323 e. The largest absolute Gasteiger partial charge is 0.416 e. The van der Waals surface area contributed by atoms with Gasteiger partial charge in [0, 0.05) is 16.8 Å². The maximum atomic E-state index is 13.2. The molecule has 21 heavy (non-hydrogen) atoms. The number of alkyl halides is 3. The van der Waals surface area contributed by atoms with Gasteiger partial charge in [0.15, 0.2) is 0 Å². The van der Waals surface area contributed by atoms with Gasteiger partial charge in [0.25, 0.3) is 0 Å². The minimum absolute atomic E-state index is 0.0245. The van der Waals surface area contributed by atoms with Gasteiger partial charge in [0.05, 0.1) is 5.56 Å². The predicted octanol–water partition coefficient (Wildman–Crippen LogP) is 4.89. The van der Waals surface area contributed by atoms with Crippen molar-refractivity contribution in [1.29, 1.82) is 0 Å². The van der Waals surface area contributed by atoms with Crippen molar-refractivity contribution in [3.8, 4) is 0 Å². The van der Waals surface area contributed by atoms with Gasteiger partial charge in [0.1, 0.15) is 0 Å². The van der Waals surface area contributed by atoms with E-state index in [9.17, 15) is 13.2 Å². The van der Waals surface area contributed by atoms with Crippen molar-refractivity contribution in [1.82, 2.24) is 0 Å². The Hall–Kier alpha value is -1.33. The van der Waals surface area contributed by atoms with E-state index in [-0.39, 0.29) is 11.5 Å². The number of halogens is 3. The molecule has 2 unspecified atom stereocenters. The summed E-state index contributed by atoms with van der Waals surface area (Å²) in [5.41, 5.74) is 6.97. The average Bonchev–Trinajstić information content (AvgIpc) is 2.94. The zero-order valence-electron chi connectivity index (χ0n) is 11.4. The van der Waals surface area contributed by atoms with Crippen LogP contribution in [0.2, 0.25) is 0 Å². The topological polar surface area (TPSA) is 26.0 Å². The molecule has 1 aliphatic carbocycles. The summed E-state index contributed by atoms with van der Waals surface area (Å²) in [6.07, 6.45) is -1.52. The third kappa shape index (κ3) is 2.72. The Morgan fingerprint density at radius 2 is 1.95 bits per heavy atom. The maximum Gasteiger partial charge on any atom is 0.416 e. The molecule has 1 nitrogen and oxygen atoms in total. The van der Waals surface area contributed by atoms with Crippen molar-refractivity contribution in [3.05, 3.63) is 57.3 Å². The van der Waals surface area contributed by atoms with Gasteiger partial charge < -0.3 is 5.73 Å². The highest BCUT2D eigenvalue weighted by Gasteiger charge is 2.37. The van der Waals surface area contributed by atoms with Crippen molar-refractivity contribution in [3.63, 3.8) is 0 Å². The Kier molecular flexibility index (Phi) is 3.80. The minimum Gasteiger partial charge on any atom is -0.323 e. The van der Waals surface area contributed by atoms with E-state index in [1.807, 2.05) is 11.4 Å². The van der Waals surface area contributed by atoms with Gasteiger partial charge in [-0.05, 0) is 47.9 Å². The molecule has 0 radical (unpaired) electrons. The molecule has 0 spiro atoms. The second kappa shape index (κ2) is 5.46. The molecule has 0 saturated heterocycles. The highest BCUT2D eigenvalue weighted by Crippen LogP contribution is 2.44. The number of rotatable bonds is 2. The molecule has 2 atom stereocenters. The van der Waals surface area contributed by atoms with Gasteiger partial charge in [-0.15, -0.1) is 11.3 Å². The SMILES string of the molecule is NC(c1ccccc1C(F)(F)F)C1CCCc2sccc21. The van der Waals surface area contributed by atoms with Crippen LogP contribution in [0.4, 0.5) is 13.2 Å². The zero-order valence-corrected chi connectivity index (χ0v) is 12.2. The van der Waals surface area contributed by atoms with Crippen LogP contribution in [-0.4, -0.2) is 0 Å². The fourth-order valence-corrected chi connectivity index (χ4v) is 4.15. The molecule has 2 aromatic rings. The summed E-state index contributed by atoms with van der Waals surface area (Å²) in [5, 5.41) is 2.01. The third-order valence-electron chi connectivity index (χ3n) is 4.16. The lowest BCUT2D eigenvalue weighted by Gasteiger charge is -2.30. The standard InChI is InChI=1S/C16H16F3NS/c17-16(18,19)13-6-2-1-4-12(13)15(20)11-5-3-7-14-10(11)8-9-21-14/h1-2,4,6,8-9,11,15H,3,5,7,20H2. The molecular formula is C16H16F3NS. The van der Waals surface area contributed by atoms with Gasteiger partial charge in [0.2, 0.25) is 0 Å². The summed E-state index contributed by atoms with van der Waals surface area (Å²) in [7, 11) is 0. The highest BCUT2D eigenvalue weighted by molar-refractivity contribution is 7.10. The number of fused-ring (bicyclic) bond motifs is 1. The molecule has 0 saturated carbocycles. The van der Waals surface area contributed by atoms with E-state index in [0.29, 0.717) is 0 Å². The van der Waals surface area contributed by atoms with Crippen LogP contribution in [0.25, 0.3) is 0 Å². The van der Waals surface area contributed by atoms with Gasteiger partial charge in [-0.25, -0.2) is 0 Å². The fourth-order valence-electron chi connectivity index (χ4n) is 3.16. The number of hydrogen-bond donors (Lipinski definition) is 1. The van der Waals surface area contributed by atoms with Crippen LogP contribution in [0.3, 0.4) is 0 Å². The van der Waals surface area contributed by atoms with Crippen LogP contribution in [0.5, 0.6) is 0 Å². The minimum atomic E-state index is -4.36. The second-order valence-electron chi connectivity index (χ2n) is 5.41. The first kappa shape index (κ1) is 14.6. The molecule has 1 aromatic heterocycles. The zero-order chi connectivity index (χ0) is 15.0. The van der Waals surface area contributed by atoms with E-state index in [0.717, 1.165) is 30.9 Å². The first-order valence-electron chi connectivity index (χ1n) is 6.96. The first-order chi connectivity index (χ1) is 9.98. The number of nitrogens with two attached hydrogens (primary N) is 1. The lowest BCUT2D eigenvalue weighted by Crippen LogP contribution is -2.25. The summed E-state index contributed by atoms with van der Waals surface area (Å²) in [5.74, 6) is -0.0245. The van der Waals surface area contributed by atoms with Crippen molar-refractivity contribution >= 4 is 11.3 Å². The van der Waals surface area contributed by atoms with Gasteiger partial charge in [-0.3, -0.25) is 0 Å². The third-order valence-corrected chi connectivity index (χ3v) is 5.15. The molecule has 0 bridgehead atoms. The Morgan fingerprint density at radius 3 is 2.71 bits per heavy atom. The quantitative estimate of drug-likeness (QED) is 0.840. The van der Waals surface area contributed by atoms with Crippen molar-refractivity contribution in [2.24, 2.45) is 5.73 Å². The van der Waals surface area contributed by atoms with E-state index >= 15 is 0 Å². The highest BCUT2D eigenvalue weighted by atomic mass is 32.1. The molecule has 0 amide bonds. The average molecular weight is 311 g/mol. The monoisotopic (exact) mass is 311 g/mol. The van der Waals surface area contributed by atoms with E-state index in [4.69, 9.17) is 5.73 Å². The van der Waals surface area contributed by atoms with Gasteiger partial charge in [-0.1, -0.05) is 18.2 Å². The lowest BCUT2D eigenvalue weighted by molar-refractivity contribution is -0.138. The summed E-state index contributed by atoms with van der Waals surface area (Å²) in [4.78, 5) is 1.27. The Bertz CT molecular complexity index is 632. The van der Waals surface area contributed by atoms with E-state index in [2.05, 4.69) is 0 Å². The first-order valence-corrected chi connectivity index (χ1v) is 7.84. The van der Waals surface area contributed by atoms with E-state index in [1.54, 1.807) is 17.4 Å². The number of hydrogen-bond acceptors (Lipinski definition) is 2. The molecule has 5 heteroatoms.